The summed E-state index contributed by atoms with van der Waals surface area (Å²) in [6.07, 6.45) is 5.32. The molecule has 2 saturated heterocycles. The molecule has 2 aliphatic heterocycles. The first-order valence-electron chi connectivity index (χ1n) is 10.2. The van der Waals surface area contributed by atoms with E-state index in [2.05, 4.69) is 10.1 Å². The molecule has 0 aliphatic carbocycles. The summed E-state index contributed by atoms with van der Waals surface area (Å²) in [6.45, 7) is 6.93. The van der Waals surface area contributed by atoms with Crippen LogP contribution in [0, 0.1) is 19.7 Å². The Hall–Kier alpha value is -2.21. The first-order chi connectivity index (χ1) is 13.5. The number of hydrogen-bond acceptors (Lipinski definition) is 4. The van der Waals surface area contributed by atoms with E-state index in [1.54, 1.807) is 19.1 Å². The molecule has 5 nitrogen and oxygen atoms in total. The minimum absolute atomic E-state index is 0.0305. The number of likely N-dealkylation sites (tertiary alicyclic amines) is 2. The fraction of sp³-hybridized carbons (Fsp3) is 0.545. The van der Waals surface area contributed by atoms with Crippen LogP contribution in [0.5, 0.6) is 0 Å². The fourth-order valence-electron chi connectivity index (χ4n) is 4.99. The molecule has 0 bridgehead atoms. The quantitative estimate of drug-likeness (QED) is 0.798. The van der Waals surface area contributed by atoms with Crippen LogP contribution in [0.3, 0.4) is 0 Å². The second-order valence-electron chi connectivity index (χ2n) is 8.22. The zero-order valence-corrected chi connectivity index (χ0v) is 16.7. The maximum absolute atomic E-state index is 13.6. The largest absolute Gasteiger partial charge is 0.361 e. The second-order valence-corrected chi connectivity index (χ2v) is 8.22. The molecule has 1 spiro atoms. The number of carbonyl (C=O) groups is 1. The van der Waals surface area contributed by atoms with Gasteiger partial charge in [-0.2, -0.15) is 0 Å². The third-order valence-corrected chi connectivity index (χ3v) is 6.46. The van der Waals surface area contributed by atoms with E-state index in [1.165, 1.54) is 6.07 Å². The Morgan fingerprint density at radius 1 is 1.18 bits per heavy atom. The minimum Gasteiger partial charge on any atom is -0.361 e. The van der Waals surface area contributed by atoms with E-state index in [1.807, 2.05) is 17.9 Å². The molecule has 0 N–H and O–H groups in total. The van der Waals surface area contributed by atoms with E-state index < -0.39 is 0 Å². The minimum atomic E-state index is -0.178. The van der Waals surface area contributed by atoms with Crippen LogP contribution in [0.2, 0.25) is 0 Å². The first-order valence-corrected chi connectivity index (χ1v) is 10.2. The zero-order chi connectivity index (χ0) is 19.7. The van der Waals surface area contributed by atoms with Crippen LogP contribution in [-0.4, -0.2) is 46.0 Å². The lowest BCUT2D eigenvalue weighted by molar-refractivity contribution is 0.0735. The molecule has 2 aromatic rings. The van der Waals surface area contributed by atoms with Gasteiger partial charge in [0.15, 0.2) is 0 Å². The van der Waals surface area contributed by atoms with Crippen LogP contribution in [0.4, 0.5) is 4.39 Å². The van der Waals surface area contributed by atoms with Crippen LogP contribution in [0.1, 0.15) is 59.5 Å². The molecule has 0 saturated carbocycles. The van der Waals surface area contributed by atoms with Gasteiger partial charge < -0.3 is 9.42 Å². The Labute approximate surface area is 165 Å². The summed E-state index contributed by atoms with van der Waals surface area (Å²) >= 11 is 0. The molecular weight excluding hydrogens is 357 g/mol. The molecule has 4 rings (SSSR count). The Kier molecular flexibility index (Phi) is 5.23. The summed E-state index contributed by atoms with van der Waals surface area (Å²) in [5.74, 6) is 0.445. The maximum Gasteiger partial charge on any atom is 0.259 e. The van der Waals surface area contributed by atoms with Crippen molar-refractivity contribution < 1.29 is 13.7 Å². The van der Waals surface area contributed by atoms with Crippen molar-refractivity contribution >= 4 is 5.91 Å². The molecule has 2 aliphatic rings. The lowest BCUT2D eigenvalue weighted by Gasteiger charge is -2.38. The van der Waals surface area contributed by atoms with E-state index in [-0.39, 0.29) is 17.3 Å². The summed E-state index contributed by atoms with van der Waals surface area (Å²) in [4.78, 5) is 17.5. The number of hydrogen-bond donors (Lipinski definition) is 0. The standard InChI is InChI=1S/C22H28FN3O2/c1-16-20(17(2)28-24-16)21(27)25-11-4-8-22(10-13-25)9-5-12-26(22)15-18-6-3-7-19(23)14-18/h3,6-7,14H,4-5,8-13,15H2,1-2H3. The topological polar surface area (TPSA) is 49.6 Å². The van der Waals surface area contributed by atoms with Crippen LogP contribution >= 0.6 is 0 Å². The van der Waals surface area contributed by atoms with Crippen molar-refractivity contribution in [3.05, 3.63) is 52.7 Å². The summed E-state index contributed by atoms with van der Waals surface area (Å²) in [5.41, 5.74) is 2.41. The second kappa shape index (κ2) is 7.66. The Balaban J connectivity index is 1.48. The van der Waals surface area contributed by atoms with Crippen LogP contribution < -0.4 is 0 Å². The van der Waals surface area contributed by atoms with Crippen molar-refractivity contribution in [3.8, 4) is 0 Å². The lowest BCUT2D eigenvalue weighted by Crippen LogP contribution is -2.44. The zero-order valence-electron chi connectivity index (χ0n) is 16.7. The Bertz CT molecular complexity index is 846. The molecule has 28 heavy (non-hydrogen) atoms. The van der Waals surface area contributed by atoms with Crippen molar-refractivity contribution in [2.75, 3.05) is 19.6 Å². The highest BCUT2D eigenvalue weighted by Crippen LogP contribution is 2.39. The van der Waals surface area contributed by atoms with Gasteiger partial charge >= 0.3 is 0 Å². The number of amides is 1. The van der Waals surface area contributed by atoms with E-state index in [0.717, 1.165) is 63.8 Å². The highest BCUT2D eigenvalue weighted by atomic mass is 19.1. The van der Waals surface area contributed by atoms with Gasteiger partial charge in [0.05, 0.1) is 5.69 Å². The molecule has 1 amide bonds. The molecule has 6 heteroatoms. The van der Waals surface area contributed by atoms with Crippen LogP contribution in [-0.2, 0) is 6.54 Å². The number of aryl methyl sites for hydroxylation is 2. The number of halogens is 1. The van der Waals surface area contributed by atoms with Gasteiger partial charge in [0.25, 0.3) is 5.91 Å². The number of carbonyl (C=O) groups excluding carboxylic acids is 1. The molecule has 3 heterocycles. The molecule has 2 fully saturated rings. The van der Waals surface area contributed by atoms with E-state index in [0.29, 0.717) is 17.0 Å². The van der Waals surface area contributed by atoms with Crippen molar-refractivity contribution in [2.24, 2.45) is 0 Å². The average molecular weight is 385 g/mol. The van der Waals surface area contributed by atoms with Gasteiger partial charge in [0, 0.05) is 25.2 Å². The van der Waals surface area contributed by atoms with E-state index >= 15 is 0 Å². The monoisotopic (exact) mass is 385 g/mol. The third kappa shape index (κ3) is 3.58. The molecule has 150 valence electrons. The van der Waals surface area contributed by atoms with Gasteiger partial charge in [-0.25, -0.2) is 4.39 Å². The van der Waals surface area contributed by atoms with Crippen molar-refractivity contribution in [3.63, 3.8) is 0 Å². The third-order valence-electron chi connectivity index (χ3n) is 6.46. The van der Waals surface area contributed by atoms with Gasteiger partial charge in [-0.15, -0.1) is 0 Å². The van der Waals surface area contributed by atoms with Crippen molar-refractivity contribution in [1.82, 2.24) is 15.0 Å². The van der Waals surface area contributed by atoms with Gasteiger partial charge in [0.2, 0.25) is 0 Å². The number of benzene rings is 1. The summed E-state index contributed by atoms with van der Waals surface area (Å²) < 4.78 is 18.8. The van der Waals surface area contributed by atoms with E-state index in [4.69, 9.17) is 4.52 Å². The van der Waals surface area contributed by atoms with Crippen LogP contribution in [0.15, 0.2) is 28.8 Å². The van der Waals surface area contributed by atoms with Gasteiger partial charge in [-0.3, -0.25) is 9.69 Å². The number of nitrogens with zero attached hydrogens (tertiary/aromatic N) is 3. The first kappa shape index (κ1) is 19.1. The molecule has 1 atom stereocenters. The number of rotatable bonds is 3. The summed E-state index contributed by atoms with van der Waals surface area (Å²) in [7, 11) is 0. The lowest BCUT2D eigenvalue weighted by atomic mass is 9.87. The van der Waals surface area contributed by atoms with Gasteiger partial charge in [-0.05, 0) is 70.2 Å². The maximum atomic E-state index is 13.6. The van der Waals surface area contributed by atoms with E-state index in [9.17, 15) is 9.18 Å². The average Bonchev–Trinajstić information content (AvgIpc) is 3.11. The van der Waals surface area contributed by atoms with Gasteiger partial charge in [-0.1, -0.05) is 17.3 Å². The smallest absolute Gasteiger partial charge is 0.259 e. The SMILES string of the molecule is Cc1noc(C)c1C(=O)N1CCCC2(CCCN2Cc2cccc(F)c2)CC1. The predicted octanol–water partition coefficient (Wildman–Crippen LogP) is 4.09. The molecule has 1 aromatic carbocycles. The normalized spacial score (nSPS) is 23.3. The molecule has 1 unspecified atom stereocenters. The predicted molar refractivity (Wildman–Crippen MR) is 105 cm³/mol. The molecule has 1 aromatic heterocycles. The Morgan fingerprint density at radius 2 is 1.96 bits per heavy atom. The van der Waals surface area contributed by atoms with Crippen molar-refractivity contribution in [2.45, 2.75) is 58.0 Å². The summed E-state index contributed by atoms with van der Waals surface area (Å²) in [5, 5.41) is 3.93. The number of aromatic nitrogens is 1. The summed E-state index contributed by atoms with van der Waals surface area (Å²) in [6, 6.07) is 6.91. The van der Waals surface area contributed by atoms with Crippen LogP contribution in [0.25, 0.3) is 0 Å². The Morgan fingerprint density at radius 3 is 2.68 bits per heavy atom. The highest BCUT2D eigenvalue weighted by Gasteiger charge is 2.42. The molecular formula is C22H28FN3O2. The van der Waals surface area contributed by atoms with Gasteiger partial charge in [0.1, 0.15) is 17.1 Å². The molecule has 0 radical (unpaired) electrons. The highest BCUT2D eigenvalue weighted by molar-refractivity contribution is 5.96. The van der Waals surface area contributed by atoms with Crippen molar-refractivity contribution in [1.29, 1.82) is 0 Å². The fourth-order valence-corrected chi connectivity index (χ4v) is 4.99.